The van der Waals surface area contributed by atoms with Crippen LogP contribution in [-0.4, -0.2) is 20.4 Å². The van der Waals surface area contributed by atoms with Crippen LogP contribution >= 0.6 is 15.9 Å². The number of alkyl halides is 1. The molecule has 0 fully saturated rings. The van der Waals surface area contributed by atoms with E-state index in [1.807, 2.05) is 0 Å². The Morgan fingerprint density at radius 2 is 1.86 bits per heavy atom. The summed E-state index contributed by atoms with van der Waals surface area (Å²) in [5, 5.41) is 5.66. The van der Waals surface area contributed by atoms with Crippen LogP contribution in [0, 0.1) is 0 Å². The number of hydrogen-bond donors (Lipinski definition) is 1. The standard InChI is InChI=1S/C8H10BrNO3S/c9-5-6-13-7-1-3-8(4-2-7)14(10,11)12/h1-4H,5-6H2,(H2,10,11,12). The third kappa shape index (κ3) is 3.28. The molecule has 4 nitrogen and oxygen atoms in total. The van der Waals surface area contributed by atoms with E-state index in [1.54, 1.807) is 12.1 Å². The Hall–Kier alpha value is -0.590. The predicted octanol–water partition coefficient (Wildman–Crippen LogP) is 1.11. The minimum atomic E-state index is -3.60. The molecule has 0 amide bonds. The van der Waals surface area contributed by atoms with Gasteiger partial charge in [0.05, 0.1) is 11.5 Å². The summed E-state index contributed by atoms with van der Waals surface area (Å²) < 4.78 is 27.0. The van der Waals surface area contributed by atoms with Crippen LogP contribution in [0.3, 0.4) is 0 Å². The largest absolute Gasteiger partial charge is 0.493 e. The molecular weight excluding hydrogens is 270 g/mol. The van der Waals surface area contributed by atoms with Crippen LogP contribution in [0.5, 0.6) is 5.75 Å². The highest BCUT2D eigenvalue weighted by Gasteiger charge is 2.06. The maximum absolute atomic E-state index is 10.9. The average molecular weight is 280 g/mol. The van der Waals surface area contributed by atoms with E-state index in [1.165, 1.54) is 12.1 Å². The molecule has 0 atom stereocenters. The van der Waals surface area contributed by atoms with Gasteiger partial charge < -0.3 is 4.74 Å². The van der Waals surface area contributed by atoms with Gasteiger partial charge in [0.1, 0.15) is 5.75 Å². The van der Waals surface area contributed by atoms with E-state index in [0.717, 1.165) is 5.33 Å². The van der Waals surface area contributed by atoms with Gasteiger partial charge in [-0.15, -0.1) is 0 Å². The first-order valence-corrected chi connectivity index (χ1v) is 6.52. The molecule has 78 valence electrons. The van der Waals surface area contributed by atoms with Gasteiger partial charge in [0.25, 0.3) is 0 Å². The van der Waals surface area contributed by atoms with Crippen molar-refractivity contribution in [3.63, 3.8) is 0 Å². The zero-order chi connectivity index (χ0) is 10.6. The van der Waals surface area contributed by atoms with Gasteiger partial charge in [-0.05, 0) is 24.3 Å². The Balaban J connectivity index is 2.79. The number of ether oxygens (including phenoxy) is 1. The second-order valence-electron chi connectivity index (χ2n) is 2.55. The lowest BCUT2D eigenvalue weighted by molar-refractivity contribution is 0.345. The summed E-state index contributed by atoms with van der Waals surface area (Å²) in [6.07, 6.45) is 0. The summed E-state index contributed by atoms with van der Waals surface area (Å²) in [7, 11) is -3.60. The number of rotatable bonds is 4. The maximum Gasteiger partial charge on any atom is 0.238 e. The van der Waals surface area contributed by atoms with E-state index in [-0.39, 0.29) is 4.90 Å². The second kappa shape index (κ2) is 4.77. The normalized spacial score (nSPS) is 11.3. The third-order valence-electron chi connectivity index (χ3n) is 1.50. The average Bonchev–Trinajstić information content (AvgIpc) is 2.14. The lowest BCUT2D eigenvalue weighted by Gasteiger charge is -2.04. The molecular formula is C8H10BrNO3S. The van der Waals surface area contributed by atoms with Crippen LogP contribution in [0.15, 0.2) is 29.2 Å². The van der Waals surface area contributed by atoms with E-state index >= 15 is 0 Å². The molecule has 0 bridgehead atoms. The summed E-state index contributed by atoms with van der Waals surface area (Å²) >= 11 is 3.21. The molecule has 0 saturated heterocycles. The van der Waals surface area contributed by atoms with E-state index < -0.39 is 10.0 Å². The molecule has 2 N–H and O–H groups in total. The Bertz CT molecular complexity index is 388. The monoisotopic (exact) mass is 279 g/mol. The highest BCUT2D eigenvalue weighted by molar-refractivity contribution is 9.09. The highest BCUT2D eigenvalue weighted by atomic mass is 79.9. The number of primary sulfonamides is 1. The SMILES string of the molecule is NS(=O)(=O)c1ccc(OCCBr)cc1. The van der Waals surface area contributed by atoms with Crippen molar-refractivity contribution in [3.05, 3.63) is 24.3 Å². The van der Waals surface area contributed by atoms with Crippen LogP contribution in [-0.2, 0) is 10.0 Å². The third-order valence-corrected chi connectivity index (χ3v) is 2.75. The molecule has 1 aromatic carbocycles. The number of hydrogen-bond acceptors (Lipinski definition) is 3. The number of halogens is 1. The first-order valence-electron chi connectivity index (χ1n) is 3.85. The Morgan fingerprint density at radius 3 is 2.29 bits per heavy atom. The summed E-state index contributed by atoms with van der Waals surface area (Å²) in [4.78, 5) is 0.0868. The maximum atomic E-state index is 10.9. The molecule has 0 aliphatic heterocycles. The molecule has 1 rings (SSSR count). The summed E-state index contributed by atoms with van der Waals surface area (Å²) in [6, 6.07) is 5.97. The smallest absolute Gasteiger partial charge is 0.238 e. The van der Waals surface area contributed by atoms with E-state index in [9.17, 15) is 8.42 Å². The van der Waals surface area contributed by atoms with Crippen LogP contribution in [0.1, 0.15) is 0 Å². The minimum absolute atomic E-state index is 0.0868. The number of nitrogens with two attached hydrogens (primary N) is 1. The molecule has 6 heteroatoms. The molecule has 0 radical (unpaired) electrons. The molecule has 0 unspecified atom stereocenters. The summed E-state index contributed by atoms with van der Waals surface area (Å²) in [5.74, 6) is 0.622. The molecule has 0 aromatic heterocycles. The fourth-order valence-corrected chi connectivity index (χ4v) is 1.56. The van der Waals surface area contributed by atoms with Crippen molar-refractivity contribution in [2.75, 3.05) is 11.9 Å². The Morgan fingerprint density at radius 1 is 1.29 bits per heavy atom. The zero-order valence-electron chi connectivity index (χ0n) is 7.31. The fourth-order valence-electron chi connectivity index (χ4n) is 0.882. The van der Waals surface area contributed by atoms with Gasteiger partial charge in [0, 0.05) is 5.33 Å². The Kier molecular flexibility index (Phi) is 3.91. The molecule has 0 heterocycles. The van der Waals surface area contributed by atoms with Crippen LogP contribution < -0.4 is 9.88 Å². The number of sulfonamides is 1. The van der Waals surface area contributed by atoms with Crippen molar-refractivity contribution < 1.29 is 13.2 Å². The molecule has 0 saturated carbocycles. The number of benzene rings is 1. The molecule has 0 aliphatic rings. The summed E-state index contributed by atoms with van der Waals surface area (Å²) in [6.45, 7) is 0.536. The van der Waals surface area contributed by atoms with Gasteiger partial charge in [-0.2, -0.15) is 0 Å². The van der Waals surface area contributed by atoms with Gasteiger partial charge in [-0.25, -0.2) is 13.6 Å². The van der Waals surface area contributed by atoms with Crippen molar-refractivity contribution in [3.8, 4) is 5.75 Å². The molecule has 14 heavy (non-hydrogen) atoms. The highest BCUT2D eigenvalue weighted by Crippen LogP contribution is 2.14. The fraction of sp³-hybridized carbons (Fsp3) is 0.250. The van der Waals surface area contributed by atoms with Crippen molar-refractivity contribution in [1.29, 1.82) is 0 Å². The lowest BCUT2D eigenvalue weighted by Crippen LogP contribution is -2.11. The van der Waals surface area contributed by atoms with Gasteiger partial charge in [0.2, 0.25) is 10.0 Å². The minimum Gasteiger partial charge on any atom is -0.493 e. The van der Waals surface area contributed by atoms with Gasteiger partial charge in [0.15, 0.2) is 0 Å². The first kappa shape index (κ1) is 11.5. The van der Waals surface area contributed by atoms with Crippen molar-refractivity contribution in [2.45, 2.75) is 4.90 Å². The first-order chi connectivity index (χ1) is 6.54. The molecule has 0 aliphatic carbocycles. The zero-order valence-corrected chi connectivity index (χ0v) is 9.71. The topological polar surface area (TPSA) is 69.4 Å². The van der Waals surface area contributed by atoms with E-state index in [0.29, 0.717) is 12.4 Å². The quantitative estimate of drug-likeness (QED) is 0.840. The lowest BCUT2D eigenvalue weighted by atomic mass is 10.3. The van der Waals surface area contributed by atoms with Crippen molar-refractivity contribution in [2.24, 2.45) is 5.14 Å². The van der Waals surface area contributed by atoms with E-state index in [2.05, 4.69) is 15.9 Å². The van der Waals surface area contributed by atoms with Crippen LogP contribution in [0.25, 0.3) is 0 Å². The van der Waals surface area contributed by atoms with Gasteiger partial charge in [-0.1, -0.05) is 15.9 Å². The van der Waals surface area contributed by atoms with Gasteiger partial charge in [-0.3, -0.25) is 0 Å². The predicted molar refractivity (Wildman–Crippen MR) is 57.1 cm³/mol. The van der Waals surface area contributed by atoms with E-state index in [4.69, 9.17) is 9.88 Å². The molecule has 0 spiro atoms. The van der Waals surface area contributed by atoms with Crippen LogP contribution in [0.4, 0.5) is 0 Å². The van der Waals surface area contributed by atoms with Crippen molar-refractivity contribution >= 4 is 26.0 Å². The van der Waals surface area contributed by atoms with Crippen molar-refractivity contribution in [1.82, 2.24) is 0 Å². The van der Waals surface area contributed by atoms with Crippen LogP contribution in [0.2, 0.25) is 0 Å². The molecule has 1 aromatic rings. The second-order valence-corrected chi connectivity index (χ2v) is 4.91. The summed E-state index contributed by atoms with van der Waals surface area (Å²) in [5.41, 5.74) is 0. The Labute approximate surface area is 91.2 Å². The van der Waals surface area contributed by atoms with Gasteiger partial charge >= 0.3 is 0 Å².